The Morgan fingerprint density at radius 3 is 2.78 bits per heavy atom. The molecule has 1 saturated heterocycles. The number of piperidine rings is 1. The molecule has 3 nitrogen and oxygen atoms in total. The molecule has 0 radical (unpaired) electrons. The van der Waals surface area contributed by atoms with Gasteiger partial charge in [-0.15, -0.1) is 0 Å². The van der Waals surface area contributed by atoms with Crippen molar-refractivity contribution in [1.29, 1.82) is 0 Å². The first-order chi connectivity index (χ1) is 8.78. The third kappa shape index (κ3) is 4.00. The van der Waals surface area contributed by atoms with Gasteiger partial charge in [0, 0.05) is 12.6 Å². The Labute approximate surface area is 110 Å². The molecular weight excluding hydrogens is 224 g/mol. The molecule has 1 N–H and O–H groups in total. The highest BCUT2D eigenvalue weighted by Gasteiger charge is 2.16. The molecule has 0 aliphatic carbocycles. The van der Waals surface area contributed by atoms with E-state index in [1.807, 2.05) is 12.1 Å². The fraction of sp³-hybridized carbons (Fsp3) is 0.600. The number of ether oxygens (including phenoxy) is 1. The molecule has 0 spiro atoms. The quantitative estimate of drug-likeness (QED) is 0.863. The van der Waals surface area contributed by atoms with Gasteiger partial charge in [0.15, 0.2) is 0 Å². The minimum atomic E-state index is 0.707. The van der Waals surface area contributed by atoms with Crippen molar-refractivity contribution >= 4 is 0 Å². The van der Waals surface area contributed by atoms with Crippen molar-refractivity contribution < 1.29 is 4.74 Å². The van der Waals surface area contributed by atoms with Crippen LogP contribution in [0.2, 0.25) is 0 Å². The molecule has 1 fully saturated rings. The van der Waals surface area contributed by atoms with E-state index < -0.39 is 0 Å². The van der Waals surface area contributed by atoms with E-state index in [1.54, 1.807) is 0 Å². The van der Waals surface area contributed by atoms with Crippen LogP contribution in [0.5, 0.6) is 5.75 Å². The Kier molecular flexibility index (Phi) is 5.02. The van der Waals surface area contributed by atoms with Gasteiger partial charge in [0.1, 0.15) is 12.4 Å². The van der Waals surface area contributed by atoms with Gasteiger partial charge >= 0.3 is 0 Å². The fourth-order valence-electron chi connectivity index (χ4n) is 2.44. The molecule has 1 aliphatic rings. The second kappa shape index (κ2) is 6.76. The number of aryl methyl sites for hydroxylation is 1. The van der Waals surface area contributed by atoms with Crippen LogP contribution < -0.4 is 10.1 Å². The maximum absolute atomic E-state index is 5.79. The number of nitrogens with one attached hydrogen (secondary N) is 1. The van der Waals surface area contributed by atoms with Gasteiger partial charge in [0.25, 0.3) is 0 Å². The van der Waals surface area contributed by atoms with Crippen LogP contribution in [0.15, 0.2) is 24.3 Å². The molecule has 1 aromatic carbocycles. The lowest BCUT2D eigenvalue weighted by molar-refractivity contribution is 0.167. The number of rotatable bonds is 5. The molecule has 0 saturated carbocycles. The molecular formula is C15H24N2O. The zero-order valence-electron chi connectivity index (χ0n) is 11.5. The third-order valence-corrected chi connectivity index (χ3v) is 3.66. The molecule has 0 atom stereocenters. The summed E-state index contributed by atoms with van der Waals surface area (Å²) in [6.07, 6.45) is 2.50. The Balaban J connectivity index is 1.67. The second-order valence-electron chi connectivity index (χ2n) is 5.07. The lowest BCUT2D eigenvalue weighted by Gasteiger charge is -2.31. The molecule has 1 aliphatic heterocycles. The maximum atomic E-state index is 5.79. The summed E-state index contributed by atoms with van der Waals surface area (Å²) in [6, 6.07) is 8.96. The van der Waals surface area contributed by atoms with Gasteiger partial charge in [-0.3, -0.25) is 4.90 Å². The van der Waals surface area contributed by atoms with Gasteiger partial charge in [-0.2, -0.15) is 0 Å². The first-order valence-corrected chi connectivity index (χ1v) is 6.87. The molecule has 3 heteroatoms. The summed E-state index contributed by atoms with van der Waals surface area (Å²) in [5.74, 6) is 0.986. The highest BCUT2D eigenvalue weighted by molar-refractivity contribution is 5.27. The van der Waals surface area contributed by atoms with Crippen molar-refractivity contribution in [1.82, 2.24) is 10.2 Å². The predicted octanol–water partition coefficient (Wildman–Crippen LogP) is 2.06. The molecule has 0 unspecified atom stereocenters. The third-order valence-electron chi connectivity index (χ3n) is 3.66. The summed E-state index contributed by atoms with van der Waals surface area (Å²) in [4.78, 5) is 2.49. The minimum Gasteiger partial charge on any atom is -0.492 e. The second-order valence-corrected chi connectivity index (χ2v) is 5.07. The molecule has 100 valence electrons. The van der Waals surface area contributed by atoms with Gasteiger partial charge in [0.2, 0.25) is 0 Å². The summed E-state index contributed by atoms with van der Waals surface area (Å²) in [7, 11) is 2.06. The summed E-state index contributed by atoms with van der Waals surface area (Å²) >= 11 is 0. The summed E-state index contributed by atoms with van der Waals surface area (Å²) in [6.45, 7) is 6.28. The molecule has 0 amide bonds. The average molecular weight is 248 g/mol. The largest absolute Gasteiger partial charge is 0.492 e. The molecule has 1 aromatic rings. The minimum absolute atomic E-state index is 0.707. The molecule has 1 heterocycles. The number of nitrogens with zero attached hydrogens (tertiary/aromatic N) is 1. The fourth-order valence-corrected chi connectivity index (χ4v) is 2.44. The molecule has 18 heavy (non-hydrogen) atoms. The van der Waals surface area contributed by atoms with Crippen molar-refractivity contribution in [3.63, 3.8) is 0 Å². The van der Waals surface area contributed by atoms with E-state index in [9.17, 15) is 0 Å². The summed E-state index contributed by atoms with van der Waals surface area (Å²) in [5, 5.41) is 3.35. The normalized spacial score (nSPS) is 17.9. The van der Waals surface area contributed by atoms with E-state index in [4.69, 9.17) is 4.74 Å². The van der Waals surface area contributed by atoms with Crippen LogP contribution in [0.25, 0.3) is 0 Å². The Hall–Kier alpha value is -1.06. The van der Waals surface area contributed by atoms with Crippen molar-refractivity contribution in [2.45, 2.75) is 25.8 Å². The predicted molar refractivity (Wildman–Crippen MR) is 75.2 cm³/mol. The lowest BCUT2D eigenvalue weighted by atomic mass is 10.1. The number of likely N-dealkylation sites (tertiary alicyclic amines) is 1. The SMILES string of the molecule is CNC1CCN(CCOc2cccc(C)c2)CC1. The van der Waals surface area contributed by atoms with Gasteiger partial charge in [0.05, 0.1) is 0 Å². The van der Waals surface area contributed by atoms with E-state index in [1.165, 1.54) is 31.5 Å². The number of benzene rings is 1. The Bertz CT molecular complexity index is 359. The van der Waals surface area contributed by atoms with Crippen LogP contribution in [-0.4, -0.2) is 44.2 Å². The smallest absolute Gasteiger partial charge is 0.119 e. The number of hydrogen-bond donors (Lipinski definition) is 1. The van der Waals surface area contributed by atoms with Crippen LogP contribution in [-0.2, 0) is 0 Å². The summed E-state index contributed by atoms with van der Waals surface area (Å²) < 4.78 is 5.79. The van der Waals surface area contributed by atoms with Crippen LogP contribution in [0.1, 0.15) is 18.4 Å². The molecule has 0 bridgehead atoms. The van der Waals surface area contributed by atoms with Gasteiger partial charge in [-0.1, -0.05) is 12.1 Å². The topological polar surface area (TPSA) is 24.5 Å². The van der Waals surface area contributed by atoms with Crippen LogP contribution >= 0.6 is 0 Å². The first kappa shape index (κ1) is 13.4. The van der Waals surface area contributed by atoms with Crippen molar-refractivity contribution in [3.8, 4) is 5.75 Å². The standard InChI is InChI=1S/C15H24N2O/c1-13-4-3-5-15(12-13)18-11-10-17-8-6-14(16-2)7-9-17/h3-5,12,14,16H,6-11H2,1-2H3. The van der Waals surface area contributed by atoms with Crippen LogP contribution in [0.4, 0.5) is 0 Å². The highest BCUT2D eigenvalue weighted by Crippen LogP contribution is 2.13. The van der Waals surface area contributed by atoms with Crippen LogP contribution in [0.3, 0.4) is 0 Å². The lowest BCUT2D eigenvalue weighted by Crippen LogP contribution is -2.42. The van der Waals surface area contributed by atoms with Crippen molar-refractivity contribution in [2.75, 3.05) is 33.3 Å². The Morgan fingerprint density at radius 2 is 2.11 bits per heavy atom. The van der Waals surface area contributed by atoms with E-state index in [0.717, 1.165) is 18.9 Å². The van der Waals surface area contributed by atoms with Gasteiger partial charge < -0.3 is 10.1 Å². The van der Waals surface area contributed by atoms with E-state index >= 15 is 0 Å². The van der Waals surface area contributed by atoms with Crippen molar-refractivity contribution in [2.24, 2.45) is 0 Å². The molecule has 0 aromatic heterocycles. The monoisotopic (exact) mass is 248 g/mol. The van der Waals surface area contributed by atoms with E-state index in [0.29, 0.717) is 6.04 Å². The van der Waals surface area contributed by atoms with Gasteiger partial charge in [-0.25, -0.2) is 0 Å². The zero-order valence-corrected chi connectivity index (χ0v) is 11.5. The Morgan fingerprint density at radius 1 is 1.33 bits per heavy atom. The van der Waals surface area contributed by atoms with E-state index in [-0.39, 0.29) is 0 Å². The van der Waals surface area contributed by atoms with Crippen molar-refractivity contribution in [3.05, 3.63) is 29.8 Å². The van der Waals surface area contributed by atoms with Crippen LogP contribution in [0, 0.1) is 6.92 Å². The number of hydrogen-bond acceptors (Lipinski definition) is 3. The molecule has 2 rings (SSSR count). The van der Waals surface area contributed by atoms with E-state index in [2.05, 4.69) is 36.3 Å². The maximum Gasteiger partial charge on any atom is 0.119 e. The zero-order chi connectivity index (χ0) is 12.8. The van der Waals surface area contributed by atoms with Gasteiger partial charge in [-0.05, 0) is 57.6 Å². The first-order valence-electron chi connectivity index (χ1n) is 6.87. The average Bonchev–Trinajstić information content (AvgIpc) is 2.40. The summed E-state index contributed by atoms with van der Waals surface area (Å²) in [5.41, 5.74) is 1.25. The highest BCUT2D eigenvalue weighted by atomic mass is 16.5.